The molecule has 2 aromatic heterocycles. The summed E-state index contributed by atoms with van der Waals surface area (Å²) in [4.78, 5) is 75.0. The first-order chi connectivity index (χ1) is 23.2. The highest BCUT2D eigenvalue weighted by Crippen LogP contribution is 2.61. The minimum atomic E-state index is -5.54. The molecular formula is C23H38N7O16P3S. The van der Waals surface area contributed by atoms with Crippen molar-refractivity contribution in [3.63, 3.8) is 0 Å². The monoisotopic (exact) mass is 793 g/mol. The van der Waals surface area contributed by atoms with Crippen molar-refractivity contribution < 1.29 is 75.7 Å². The average Bonchev–Trinajstić information content (AvgIpc) is 3.57. The maximum atomic E-state index is 12.6. The van der Waals surface area contributed by atoms with Gasteiger partial charge < -0.3 is 50.9 Å². The van der Waals surface area contributed by atoms with E-state index in [4.69, 9.17) is 19.5 Å². The fraction of sp³-hybridized carbons (Fsp3) is 0.609. The Morgan fingerprint density at radius 2 is 1.82 bits per heavy atom. The number of aliphatic hydroxyl groups is 2. The molecule has 3 heterocycles. The molecule has 23 nitrogen and oxygen atoms in total. The Kier molecular flexibility index (Phi) is 14.7. The van der Waals surface area contributed by atoms with E-state index in [1.807, 2.05) is 0 Å². The van der Waals surface area contributed by atoms with Crippen molar-refractivity contribution in [3.8, 4) is 0 Å². The van der Waals surface area contributed by atoms with E-state index in [-0.39, 0.29) is 35.9 Å². The van der Waals surface area contributed by atoms with Crippen molar-refractivity contribution in [3.05, 3.63) is 24.6 Å². The maximum absolute atomic E-state index is 12.6. The average molecular weight is 794 g/mol. The SMILES string of the molecule is C=CSCCNC(=O)CCNC(=O)[C@H](O)C(C)(C)COP(=O)(O)OP(=O)(O)OC[C@H]1O[C@@H](n2cnc3c(N)ncnc32)[C@H](O)[C@@H]1OP(=O)(O)O. The Balaban J connectivity index is 1.57. The predicted molar refractivity (Wildman–Crippen MR) is 172 cm³/mol. The van der Waals surface area contributed by atoms with E-state index in [2.05, 4.69) is 41.0 Å². The highest BCUT2D eigenvalue weighted by Gasteiger charge is 2.50. The number of phosphoric acid groups is 3. The quantitative estimate of drug-likeness (QED) is 0.0590. The van der Waals surface area contributed by atoms with Crippen LogP contribution in [0.4, 0.5) is 5.82 Å². The lowest BCUT2D eigenvalue weighted by Gasteiger charge is -2.30. The molecule has 0 aromatic carbocycles. The first kappa shape index (κ1) is 42.0. The fourth-order valence-electron chi connectivity index (χ4n) is 4.27. The van der Waals surface area contributed by atoms with E-state index in [1.165, 1.54) is 25.6 Å². The summed E-state index contributed by atoms with van der Waals surface area (Å²) in [7, 11) is -16.3. The van der Waals surface area contributed by atoms with E-state index in [9.17, 15) is 53.1 Å². The van der Waals surface area contributed by atoms with E-state index < -0.39 is 78.6 Å². The Morgan fingerprint density at radius 3 is 2.48 bits per heavy atom. The zero-order valence-corrected chi connectivity index (χ0v) is 30.0. The molecule has 2 unspecified atom stereocenters. The summed E-state index contributed by atoms with van der Waals surface area (Å²) in [5.41, 5.74) is 4.30. The summed E-state index contributed by atoms with van der Waals surface area (Å²) in [5.74, 6) is -0.724. The van der Waals surface area contributed by atoms with Gasteiger partial charge in [-0.3, -0.25) is 27.7 Å². The van der Waals surface area contributed by atoms with Gasteiger partial charge in [0, 0.05) is 30.7 Å². The van der Waals surface area contributed by atoms with Gasteiger partial charge in [-0.1, -0.05) is 20.4 Å². The number of nitrogens with zero attached hydrogens (tertiary/aromatic N) is 4. The second-order valence-electron chi connectivity index (χ2n) is 11.1. The van der Waals surface area contributed by atoms with E-state index in [0.717, 1.165) is 17.2 Å². The minimum Gasteiger partial charge on any atom is -0.386 e. The van der Waals surface area contributed by atoms with Crippen LogP contribution in [0.5, 0.6) is 0 Å². The predicted octanol–water partition coefficient (Wildman–Crippen LogP) is -0.718. The lowest BCUT2D eigenvalue weighted by atomic mass is 9.87. The van der Waals surface area contributed by atoms with Crippen LogP contribution in [0.15, 0.2) is 24.6 Å². The Morgan fingerprint density at radius 1 is 1.14 bits per heavy atom. The number of carbonyl (C=O) groups is 2. The topological polar surface area (TPSA) is 347 Å². The summed E-state index contributed by atoms with van der Waals surface area (Å²) in [6.45, 7) is 4.33. The number of nitrogens with two attached hydrogens (primary N) is 1. The molecule has 1 aliphatic rings. The van der Waals surface area contributed by atoms with Crippen molar-refractivity contribution >= 4 is 64.0 Å². The number of anilines is 1. The number of thioether (sulfide) groups is 1. The van der Waals surface area contributed by atoms with Gasteiger partial charge in [0.2, 0.25) is 11.8 Å². The van der Waals surface area contributed by atoms with Crippen molar-refractivity contribution in [2.75, 3.05) is 37.8 Å². The van der Waals surface area contributed by atoms with Crippen molar-refractivity contribution in [1.29, 1.82) is 0 Å². The number of nitrogens with one attached hydrogen (secondary N) is 2. The van der Waals surface area contributed by atoms with Gasteiger partial charge >= 0.3 is 23.5 Å². The van der Waals surface area contributed by atoms with Crippen LogP contribution in [0.2, 0.25) is 0 Å². The third-order valence-corrected chi connectivity index (χ3v) is 10.5. The molecule has 282 valence electrons. The lowest BCUT2D eigenvalue weighted by Crippen LogP contribution is -2.46. The number of hydrogen-bond acceptors (Lipinski definition) is 17. The largest absolute Gasteiger partial charge is 0.481 e. The van der Waals surface area contributed by atoms with Gasteiger partial charge in [-0.25, -0.2) is 28.6 Å². The van der Waals surface area contributed by atoms with Gasteiger partial charge in [0.25, 0.3) is 0 Å². The van der Waals surface area contributed by atoms with Crippen molar-refractivity contribution in [2.45, 2.75) is 50.9 Å². The number of aliphatic hydroxyl groups excluding tert-OH is 2. The highest BCUT2D eigenvalue weighted by atomic mass is 32.2. The van der Waals surface area contributed by atoms with Gasteiger partial charge in [-0.2, -0.15) is 4.31 Å². The fourth-order valence-corrected chi connectivity index (χ4v) is 7.49. The van der Waals surface area contributed by atoms with Gasteiger partial charge in [0.15, 0.2) is 17.7 Å². The second kappa shape index (κ2) is 17.4. The Labute approximate surface area is 288 Å². The molecule has 0 saturated carbocycles. The molecule has 27 heteroatoms. The van der Waals surface area contributed by atoms with Crippen LogP contribution in [-0.4, -0.2) is 118 Å². The zero-order valence-electron chi connectivity index (χ0n) is 26.5. The van der Waals surface area contributed by atoms with Crippen molar-refractivity contribution in [1.82, 2.24) is 30.2 Å². The third kappa shape index (κ3) is 12.1. The lowest BCUT2D eigenvalue weighted by molar-refractivity contribution is -0.137. The number of hydrogen-bond donors (Lipinski definition) is 9. The molecule has 1 saturated heterocycles. The number of nitrogen functional groups attached to an aromatic ring is 1. The molecular weight excluding hydrogens is 755 g/mol. The number of rotatable bonds is 20. The van der Waals surface area contributed by atoms with Crippen LogP contribution >= 0.6 is 35.2 Å². The molecule has 2 aromatic rings. The molecule has 3 rings (SSSR count). The van der Waals surface area contributed by atoms with Gasteiger partial charge in [0.1, 0.15) is 36.3 Å². The maximum Gasteiger partial charge on any atom is 0.481 e. The summed E-state index contributed by atoms with van der Waals surface area (Å²) in [6.07, 6.45) is -6.74. The van der Waals surface area contributed by atoms with Crippen LogP contribution in [0.3, 0.4) is 0 Å². The number of fused-ring (bicyclic) bond motifs is 1. The number of ether oxygens (including phenoxy) is 1. The molecule has 1 aliphatic heterocycles. The van der Waals surface area contributed by atoms with Crippen LogP contribution in [-0.2, 0) is 45.9 Å². The van der Waals surface area contributed by atoms with Gasteiger partial charge in [-0.05, 0) is 5.41 Å². The molecule has 0 aliphatic carbocycles. The highest BCUT2D eigenvalue weighted by molar-refractivity contribution is 8.02. The van der Waals surface area contributed by atoms with E-state index in [1.54, 1.807) is 5.41 Å². The first-order valence-electron chi connectivity index (χ1n) is 14.3. The number of phosphoric ester groups is 3. The molecule has 7 atom stereocenters. The number of amides is 2. The zero-order chi connectivity index (χ0) is 37.5. The normalized spacial score (nSPS) is 22.8. The third-order valence-electron chi connectivity index (χ3n) is 6.74. The number of aromatic nitrogens is 4. The summed E-state index contributed by atoms with van der Waals surface area (Å²) in [6, 6.07) is 0. The Hall–Kier alpha value is -2.37. The number of carbonyl (C=O) groups excluding carboxylic acids is 2. The van der Waals surface area contributed by atoms with E-state index in [0.29, 0.717) is 12.3 Å². The summed E-state index contributed by atoms with van der Waals surface area (Å²) < 4.78 is 61.8. The van der Waals surface area contributed by atoms with Gasteiger partial charge in [-0.15, -0.1) is 11.8 Å². The van der Waals surface area contributed by atoms with Crippen molar-refractivity contribution in [2.24, 2.45) is 5.41 Å². The summed E-state index contributed by atoms with van der Waals surface area (Å²) >= 11 is 1.40. The molecule has 0 spiro atoms. The molecule has 50 heavy (non-hydrogen) atoms. The van der Waals surface area contributed by atoms with Crippen LogP contribution in [0, 0.1) is 5.41 Å². The second-order valence-corrected chi connectivity index (χ2v) is 16.4. The van der Waals surface area contributed by atoms with Crippen LogP contribution in [0.25, 0.3) is 11.2 Å². The molecule has 1 fully saturated rings. The number of imidazole rings is 1. The molecule has 0 bridgehead atoms. The van der Waals surface area contributed by atoms with Crippen LogP contribution in [0.1, 0.15) is 26.5 Å². The van der Waals surface area contributed by atoms with E-state index >= 15 is 0 Å². The smallest absolute Gasteiger partial charge is 0.386 e. The van der Waals surface area contributed by atoms with Gasteiger partial charge in [0.05, 0.1) is 19.5 Å². The Bertz CT molecular complexity index is 1660. The molecule has 10 N–H and O–H groups in total. The molecule has 0 radical (unpaired) electrons. The summed E-state index contributed by atoms with van der Waals surface area (Å²) in [5, 5.41) is 27.9. The standard InChI is InChI=1S/C23H38N7O16P3S/c1-4-50-8-7-25-14(31)5-6-26-21(34)18(33)23(2,3)10-43-49(40,41)46-48(38,39)42-9-13-17(45-47(35,36)37)16(32)22(44-13)30-12-29-15-19(24)27-11-28-20(15)30/h4,11-13,16-18,22,32-33H,1,5-10H2,2-3H3,(H,25,31)(H,26,34)(H,38,39)(H,40,41)(H2,24,27,28)(H2,35,36,37)/t13-,16-,17-,18+,22-/m1/s1. The molecule has 2 amide bonds. The first-order valence-corrected chi connectivity index (χ1v) is 19.8. The van der Waals surface area contributed by atoms with Crippen LogP contribution < -0.4 is 16.4 Å². The minimum absolute atomic E-state index is 0.0364.